The standard InChI is InChI=1S/C16H23BrO3/c17-11-3-1-2-4-12-20-13-5-6-14-7-9-15(10-8-14)16(18)19/h7-10H,1-6,11-13H2,(H,18,19). The monoisotopic (exact) mass is 342 g/mol. The van der Waals surface area contributed by atoms with Gasteiger partial charge in [-0.3, -0.25) is 0 Å². The number of unbranched alkanes of at least 4 members (excludes halogenated alkanes) is 3. The molecule has 0 aliphatic heterocycles. The summed E-state index contributed by atoms with van der Waals surface area (Å²) in [7, 11) is 0. The van der Waals surface area contributed by atoms with E-state index < -0.39 is 5.97 Å². The molecule has 0 spiro atoms. The minimum absolute atomic E-state index is 0.341. The first kappa shape index (κ1) is 17.2. The Balaban J connectivity index is 2.02. The van der Waals surface area contributed by atoms with Gasteiger partial charge in [-0.1, -0.05) is 40.9 Å². The Morgan fingerprint density at radius 2 is 1.65 bits per heavy atom. The number of ether oxygens (including phenoxy) is 1. The van der Waals surface area contributed by atoms with Crippen molar-refractivity contribution in [3.63, 3.8) is 0 Å². The molecule has 4 heteroatoms. The lowest BCUT2D eigenvalue weighted by molar-refractivity contribution is 0.0697. The highest BCUT2D eigenvalue weighted by Crippen LogP contribution is 2.07. The van der Waals surface area contributed by atoms with Crippen LogP contribution in [0, 0.1) is 0 Å². The molecule has 1 rings (SSSR count). The van der Waals surface area contributed by atoms with Crippen molar-refractivity contribution in [1.82, 2.24) is 0 Å². The molecule has 1 N–H and O–H groups in total. The van der Waals surface area contributed by atoms with Gasteiger partial charge in [0, 0.05) is 18.5 Å². The fraction of sp³-hybridized carbons (Fsp3) is 0.562. The van der Waals surface area contributed by atoms with Gasteiger partial charge in [-0.25, -0.2) is 4.79 Å². The number of aryl methyl sites for hydroxylation is 1. The predicted molar refractivity (Wildman–Crippen MR) is 84.8 cm³/mol. The average molecular weight is 343 g/mol. The molecule has 20 heavy (non-hydrogen) atoms. The van der Waals surface area contributed by atoms with E-state index in [1.807, 2.05) is 12.1 Å². The van der Waals surface area contributed by atoms with Gasteiger partial charge in [0.1, 0.15) is 0 Å². The van der Waals surface area contributed by atoms with Crippen LogP contribution in [-0.2, 0) is 11.2 Å². The van der Waals surface area contributed by atoms with Gasteiger partial charge in [-0.15, -0.1) is 0 Å². The maximum absolute atomic E-state index is 10.7. The molecule has 1 aromatic rings. The van der Waals surface area contributed by atoms with Gasteiger partial charge in [0.25, 0.3) is 0 Å². The van der Waals surface area contributed by atoms with Gasteiger partial charge in [0.2, 0.25) is 0 Å². The van der Waals surface area contributed by atoms with E-state index in [1.165, 1.54) is 19.3 Å². The highest BCUT2D eigenvalue weighted by Gasteiger charge is 2.01. The van der Waals surface area contributed by atoms with Crippen molar-refractivity contribution in [2.24, 2.45) is 0 Å². The quantitative estimate of drug-likeness (QED) is 0.482. The van der Waals surface area contributed by atoms with Crippen LogP contribution in [0.1, 0.15) is 48.0 Å². The molecule has 112 valence electrons. The maximum Gasteiger partial charge on any atom is 0.335 e. The number of hydrogen-bond acceptors (Lipinski definition) is 2. The van der Waals surface area contributed by atoms with E-state index in [2.05, 4.69) is 15.9 Å². The molecule has 0 unspecified atom stereocenters. The zero-order valence-electron chi connectivity index (χ0n) is 11.8. The summed E-state index contributed by atoms with van der Waals surface area (Å²) in [6.45, 7) is 1.62. The van der Waals surface area contributed by atoms with E-state index in [-0.39, 0.29) is 0 Å². The number of hydrogen-bond donors (Lipinski definition) is 1. The smallest absolute Gasteiger partial charge is 0.335 e. The molecule has 0 amide bonds. The maximum atomic E-state index is 10.7. The number of benzene rings is 1. The summed E-state index contributed by atoms with van der Waals surface area (Å²) >= 11 is 3.42. The second-order valence-electron chi connectivity index (χ2n) is 4.82. The van der Waals surface area contributed by atoms with Crippen LogP contribution in [0.2, 0.25) is 0 Å². The lowest BCUT2D eigenvalue weighted by Crippen LogP contribution is -2.00. The molecule has 0 fully saturated rings. The van der Waals surface area contributed by atoms with Gasteiger partial charge in [-0.05, 0) is 43.4 Å². The normalized spacial score (nSPS) is 10.7. The van der Waals surface area contributed by atoms with E-state index in [9.17, 15) is 4.79 Å². The summed E-state index contributed by atoms with van der Waals surface area (Å²) in [5.74, 6) is -0.875. The number of aromatic carboxylic acids is 1. The Bertz CT molecular complexity index is 376. The fourth-order valence-electron chi connectivity index (χ4n) is 1.95. The third-order valence-electron chi connectivity index (χ3n) is 3.13. The molecule has 0 aliphatic carbocycles. The Hall–Kier alpha value is -0.870. The van der Waals surface area contributed by atoms with Crippen molar-refractivity contribution in [2.45, 2.75) is 38.5 Å². The number of carbonyl (C=O) groups is 1. The van der Waals surface area contributed by atoms with Crippen LogP contribution in [-0.4, -0.2) is 29.6 Å². The summed E-state index contributed by atoms with van der Waals surface area (Å²) in [6.07, 6.45) is 6.80. The molecule has 0 saturated heterocycles. The predicted octanol–water partition coefficient (Wildman–Crippen LogP) is 4.29. The molecule has 0 saturated carbocycles. The highest BCUT2D eigenvalue weighted by molar-refractivity contribution is 9.09. The molecular weight excluding hydrogens is 320 g/mol. The van der Waals surface area contributed by atoms with Crippen molar-refractivity contribution in [3.05, 3.63) is 35.4 Å². The topological polar surface area (TPSA) is 46.5 Å². The number of rotatable bonds is 11. The van der Waals surface area contributed by atoms with Crippen LogP contribution in [0.25, 0.3) is 0 Å². The number of carboxylic acids is 1. The number of alkyl halides is 1. The highest BCUT2D eigenvalue weighted by atomic mass is 79.9. The second-order valence-corrected chi connectivity index (χ2v) is 5.61. The molecular formula is C16H23BrO3. The third-order valence-corrected chi connectivity index (χ3v) is 3.69. The molecule has 0 heterocycles. The fourth-order valence-corrected chi connectivity index (χ4v) is 2.34. The Morgan fingerprint density at radius 3 is 2.30 bits per heavy atom. The van der Waals surface area contributed by atoms with Crippen molar-refractivity contribution in [1.29, 1.82) is 0 Å². The van der Waals surface area contributed by atoms with Gasteiger partial charge < -0.3 is 9.84 Å². The number of carboxylic acid groups (broad SMARTS) is 1. The molecule has 1 aromatic carbocycles. The third kappa shape index (κ3) is 7.65. The van der Waals surface area contributed by atoms with E-state index in [0.717, 1.165) is 43.4 Å². The van der Waals surface area contributed by atoms with Crippen LogP contribution in [0.5, 0.6) is 0 Å². The zero-order valence-corrected chi connectivity index (χ0v) is 13.4. The average Bonchev–Trinajstić information content (AvgIpc) is 2.46. The zero-order chi connectivity index (χ0) is 14.6. The number of halogens is 1. The Kier molecular flexibility index (Phi) is 9.33. The lowest BCUT2D eigenvalue weighted by Gasteiger charge is -2.05. The van der Waals surface area contributed by atoms with Crippen LogP contribution >= 0.6 is 15.9 Å². The first-order valence-corrected chi connectivity index (χ1v) is 8.32. The molecule has 3 nitrogen and oxygen atoms in total. The van der Waals surface area contributed by atoms with Crippen molar-refractivity contribution in [2.75, 3.05) is 18.5 Å². The van der Waals surface area contributed by atoms with Gasteiger partial charge >= 0.3 is 5.97 Å². The van der Waals surface area contributed by atoms with Crippen molar-refractivity contribution < 1.29 is 14.6 Å². The van der Waals surface area contributed by atoms with E-state index in [4.69, 9.17) is 9.84 Å². The van der Waals surface area contributed by atoms with E-state index >= 15 is 0 Å². The summed E-state index contributed by atoms with van der Waals surface area (Å²) in [5.41, 5.74) is 1.50. The molecule has 0 aromatic heterocycles. The molecule has 0 radical (unpaired) electrons. The van der Waals surface area contributed by atoms with Gasteiger partial charge in [0.05, 0.1) is 5.56 Å². The first-order chi connectivity index (χ1) is 9.74. The lowest BCUT2D eigenvalue weighted by atomic mass is 10.1. The van der Waals surface area contributed by atoms with E-state index in [1.54, 1.807) is 12.1 Å². The van der Waals surface area contributed by atoms with Crippen LogP contribution in [0.15, 0.2) is 24.3 Å². The van der Waals surface area contributed by atoms with Crippen LogP contribution < -0.4 is 0 Å². The van der Waals surface area contributed by atoms with Crippen molar-refractivity contribution in [3.8, 4) is 0 Å². The SMILES string of the molecule is O=C(O)c1ccc(CCCOCCCCCCBr)cc1. The summed E-state index contributed by atoms with van der Waals surface area (Å²) < 4.78 is 5.59. The minimum atomic E-state index is -0.875. The molecule has 0 aliphatic rings. The van der Waals surface area contributed by atoms with Crippen LogP contribution in [0.3, 0.4) is 0 Å². The summed E-state index contributed by atoms with van der Waals surface area (Å²) in [4.78, 5) is 10.7. The Labute approximate surface area is 129 Å². The van der Waals surface area contributed by atoms with E-state index in [0.29, 0.717) is 5.56 Å². The molecule has 0 atom stereocenters. The summed E-state index contributed by atoms with van der Waals surface area (Å²) in [6, 6.07) is 7.07. The van der Waals surface area contributed by atoms with Crippen LogP contribution in [0.4, 0.5) is 0 Å². The Morgan fingerprint density at radius 1 is 1.00 bits per heavy atom. The van der Waals surface area contributed by atoms with Gasteiger partial charge in [-0.2, -0.15) is 0 Å². The molecule has 0 bridgehead atoms. The van der Waals surface area contributed by atoms with Crippen molar-refractivity contribution >= 4 is 21.9 Å². The minimum Gasteiger partial charge on any atom is -0.478 e. The first-order valence-electron chi connectivity index (χ1n) is 7.20. The summed E-state index contributed by atoms with van der Waals surface area (Å²) in [5, 5.41) is 9.90. The largest absolute Gasteiger partial charge is 0.478 e. The van der Waals surface area contributed by atoms with Gasteiger partial charge in [0.15, 0.2) is 0 Å². The second kappa shape index (κ2) is 10.9.